The van der Waals surface area contributed by atoms with Gasteiger partial charge in [-0.15, -0.1) is 0 Å². The third kappa shape index (κ3) is 3.61. The zero-order valence-corrected chi connectivity index (χ0v) is 14.5. The Kier molecular flexibility index (Phi) is 5.07. The second kappa shape index (κ2) is 7.60. The largest absolute Gasteiger partial charge is 0.496 e. The third-order valence-electron chi connectivity index (χ3n) is 3.94. The number of nitrogens with one attached hydrogen (secondary N) is 1. The number of rotatable bonds is 5. The van der Waals surface area contributed by atoms with Crippen molar-refractivity contribution in [1.29, 1.82) is 0 Å². The molecule has 0 bridgehead atoms. The van der Waals surface area contributed by atoms with E-state index in [9.17, 15) is 9.59 Å². The Balaban J connectivity index is 1.84. The second-order valence-electron chi connectivity index (χ2n) is 5.63. The minimum atomic E-state index is -0.331. The molecular formula is C19H18N4O3. The zero-order chi connectivity index (χ0) is 18.5. The van der Waals surface area contributed by atoms with Gasteiger partial charge in [-0.05, 0) is 23.8 Å². The molecule has 0 spiro atoms. The Morgan fingerprint density at radius 1 is 1.23 bits per heavy atom. The van der Waals surface area contributed by atoms with E-state index in [1.807, 2.05) is 24.3 Å². The Labute approximate surface area is 150 Å². The average molecular weight is 350 g/mol. The first-order valence-electron chi connectivity index (χ1n) is 7.97. The molecule has 26 heavy (non-hydrogen) atoms. The highest BCUT2D eigenvalue weighted by Crippen LogP contribution is 2.20. The van der Waals surface area contributed by atoms with Gasteiger partial charge in [0.15, 0.2) is 0 Å². The topological polar surface area (TPSA) is 86.1 Å². The zero-order valence-electron chi connectivity index (χ0n) is 14.5. The van der Waals surface area contributed by atoms with Crippen molar-refractivity contribution in [2.24, 2.45) is 7.05 Å². The number of carbonyl (C=O) groups excluding carboxylic acids is 1. The summed E-state index contributed by atoms with van der Waals surface area (Å²) in [5, 5.41) is 2.86. The predicted octanol–water partition coefficient (Wildman–Crippen LogP) is 1.78. The van der Waals surface area contributed by atoms with Crippen molar-refractivity contribution >= 4 is 5.91 Å². The van der Waals surface area contributed by atoms with E-state index in [-0.39, 0.29) is 23.8 Å². The molecule has 0 fully saturated rings. The van der Waals surface area contributed by atoms with Crippen molar-refractivity contribution in [3.8, 4) is 17.0 Å². The molecule has 132 valence electrons. The van der Waals surface area contributed by atoms with Crippen molar-refractivity contribution < 1.29 is 9.53 Å². The van der Waals surface area contributed by atoms with Crippen LogP contribution >= 0.6 is 0 Å². The first kappa shape index (κ1) is 17.3. The number of ether oxygens (including phenoxy) is 1. The molecule has 0 saturated heterocycles. The summed E-state index contributed by atoms with van der Waals surface area (Å²) in [7, 11) is 3.01. The van der Waals surface area contributed by atoms with Gasteiger partial charge < -0.3 is 14.6 Å². The van der Waals surface area contributed by atoms with Gasteiger partial charge in [-0.25, -0.2) is 0 Å². The maximum absolute atomic E-state index is 12.6. The molecule has 1 amide bonds. The SMILES string of the molecule is COc1cc(=O)n(C)cc1C(=O)NCc1cccnc1-c1ccncc1. The molecule has 0 radical (unpaired) electrons. The summed E-state index contributed by atoms with van der Waals surface area (Å²) in [5.74, 6) is -0.0897. The van der Waals surface area contributed by atoms with Crippen LogP contribution in [0.4, 0.5) is 0 Å². The normalized spacial score (nSPS) is 10.4. The molecule has 3 aromatic rings. The fourth-order valence-electron chi connectivity index (χ4n) is 2.57. The molecule has 1 N–H and O–H groups in total. The minimum absolute atomic E-state index is 0.242. The fourth-order valence-corrected chi connectivity index (χ4v) is 2.57. The average Bonchev–Trinajstić information content (AvgIpc) is 2.68. The van der Waals surface area contributed by atoms with Crippen LogP contribution < -0.4 is 15.6 Å². The van der Waals surface area contributed by atoms with Crippen molar-refractivity contribution in [3.63, 3.8) is 0 Å². The van der Waals surface area contributed by atoms with Gasteiger partial charge in [-0.2, -0.15) is 0 Å². The summed E-state index contributed by atoms with van der Waals surface area (Å²) in [6, 6.07) is 8.74. The number of hydrogen-bond donors (Lipinski definition) is 1. The molecule has 3 aromatic heterocycles. The smallest absolute Gasteiger partial charge is 0.256 e. The standard InChI is InChI=1S/C19H18N4O3/c1-23-12-15(16(26-2)10-17(23)24)19(25)22-11-14-4-3-7-21-18(14)13-5-8-20-9-6-13/h3-10,12H,11H2,1-2H3,(H,22,25). The molecule has 0 atom stereocenters. The highest BCUT2D eigenvalue weighted by Gasteiger charge is 2.15. The van der Waals surface area contributed by atoms with Crippen molar-refractivity contribution in [2.75, 3.05) is 7.11 Å². The monoisotopic (exact) mass is 350 g/mol. The minimum Gasteiger partial charge on any atom is -0.496 e. The van der Waals surface area contributed by atoms with Gasteiger partial charge in [-0.3, -0.25) is 19.6 Å². The number of methoxy groups -OCH3 is 1. The molecule has 0 aliphatic carbocycles. The Morgan fingerprint density at radius 2 is 2.00 bits per heavy atom. The number of pyridine rings is 3. The van der Waals surface area contributed by atoms with E-state index in [0.717, 1.165) is 16.8 Å². The van der Waals surface area contributed by atoms with Gasteiger partial charge in [0.25, 0.3) is 11.5 Å². The van der Waals surface area contributed by atoms with E-state index in [1.165, 1.54) is 23.9 Å². The lowest BCUT2D eigenvalue weighted by atomic mass is 10.1. The summed E-state index contributed by atoms with van der Waals surface area (Å²) < 4.78 is 6.49. The summed E-state index contributed by atoms with van der Waals surface area (Å²) in [5.41, 5.74) is 2.62. The second-order valence-corrected chi connectivity index (χ2v) is 5.63. The van der Waals surface area contributed by atoms with Crippen LogP contribution in [0.5, 0.6) is 5.75 Å². The molecule has 0 unspecified atom stereocenters. The fraction of sp³-hybridized carbons (Fsp3) is 0.158. The number of carbonyl (C=O) groups is 1. The van der Waals surface area contributed by atoms with Gasteiger partial charge in [0, 0.05) is 50.0 Å². The molecule has 0 aromatic carbocycles. The quantitative estimate of drug-likeness (QED) is 0.758. The lowest BCUT2D eigenvalue weighted by Gasteiger charge is -2.12. The lowest BCUT2D eigenvalue weighted by Crippen LogP contribution is -2.26. The molecule has 7 heteroatoms. The van der Waals surface area contributed by atoms with Crippen LogP contribution in [0.3, 0.4) is 0 Å². The molecule has 0 aliphatic rings. The number of nitrogens with zero attached hydrogens (tertiary/aromatic N) is 3. The van der Waals surface area contributed by atoms with E-state index < -0.39 is 0 Å². The molecule has 3 heterocycles. The summed E-state index contributed by atoms with van der Waals surface area (Å²) >= 11 is 0. The van der Waals surface area contributed by atoms with Crippen LogP contribution in [0.2, 0.25) is 0 Å². The molecule has 0 saturated carbocycles. The van der Waals surface area contributed by atoms with Gasteiger partial charge in [0.2, 0.25) is 0 Å². The maximum Gasteiger partial charge on any atom is 0.256 e. The highest BCUT2D eigenvalue weighted by atomic mass is 16.5. The number of amides is 1. The van der Waals surface area contributed by atoms with E-state index >= 15 is 0 Å². The van der Waals surface area contributed by atoms with Crippen LogP contribution in [0.1, 0.15) is 15.9 Å². The predicted molar refractivity (Wildman–Crippen MR) is 96.9 cm³/mol. The van der Waals surface area contributed by atoms with Crippen LogP contribution in [-0.2, 0) is 13.6 Å². The Hall–Kier alpha value is -3.48. The van der Waals surface area contributed by atoms with Gasteiger partial charge >= 0.3 is 0 Å². The van der Waals surface area contributed by atoms with Crippen molar-refractivity contribution in [1.82, 2.24) is 19.9 Å². The Morgan fingerprint density at radius 3 is 2.73 bits per heavy atom. The number of aryl methyl sites for hydroxylation is 1. The van der Waals surface area contributed by atoms with E-state index in [0.29, 0.717) is 5.56 Å². The first-order valence-corrected chi connectivity index (χ1v) is 7.97. The lowest BCUT2D eigenvalue weighted by molar-refractivity contribution is 0.0947. The number of aromatic nitrogens is 3. The van der Waals surface area contributed by atoms with Crippen LogP contribution in [0.15, 0.2) is 59.9 Å². The van der Waals surface area contributed by atoms with Gasteiger partial charge in [0.1, 0.15) is 5.75 Å². The molecular weight excluding hydrogens is 332 g/mol. The third-order valence-corrected chi connectivity index (χ3v) is 3.94. The van der Waals surface area contributed by atoms with Crippen LogP contribution in [0.25, 0.3) is 11.3 Å². The first-order chi connectivity index (χ1) is 12.6. The van der Waals surface area contributed by atoms with E-state index in [2.05, 4.69) is 15.3 Å². The molecule has 7 nitrogen and oxygen atoms in total. The van der Waals surface area contributed by atoms with E-state index in [4.69, 9.17) is 4.74 Å². The Bertz CT molecular complexity index is 984. The van der Waals surface area contributed by atoms with E-state index in [1.54, 1.807) is 25.6 Å². The molecule has 0 aliphatic heterocycles. The number of hydrogen-bond acceptors (Lipinski definition) is 5. The summed E-state index contributed by atoms with van der Waals surface area (Å²) in [6.07, 6.45) is 6.56. The van der Waals surface area contributed by atoms with Crippen molar-refractivity contribution in [3.05, 3.63) is 76.6 Å². The molecule has 3 rings (SSSR count). The van der Waals surface area contributed by atoms with Crippen molar-refractivity contribution in [2.45, 2.75) is 6.54 Å². The van der Waals surface area contributed by atoms with Gasteiger partial charge in [-0.1, -0.05) is 6.07 Å². The highest BCUT2D eigenvalue weighted by molar-refractivity contribution is 5.96. The summed E-state index contributed by atoms with van der Waals surface area (Å²) in [4.78, 5) is 32.7. The van der Waals surface area contributed by atoms with Crippen LogP contribution in [0, 0.1) is 0 Å². The maximum atomic E-state index is 12.6. The van der Waals surface area contributed by atoms with Gasteiger partial charge in [0.05, 0.1) is 18.4 Å². The summed E-state index contributed by atoms with van der Waals surface area (Å²) in [6.45, 7) is 0.288. The van der Waals surface area contributed by atoms with Crippen LogP contribution in [-0.4, -0.2) is 27.6 Å².